The molecule has 102 heavy (non-hydrogen) atoms. The van der Waals surface area contributed by atoms with E-state index in [4.69, 9.17) is 23.7 Å². The van der Waals surface area contributed by atoms with Crippen molar-refractivity contribution in [1.29, 1.82) is 0 Å². The van der Waals surface area contributed by atoms with Crippen molar-refractivity contribution in [2.45, 2.75) is 291 Å². The number of carbonyl (C=O) groups is 4. The summed E-state index contributed by atoms with van der Waals surface area (Å²) >= 11 is 0. The van der Waals surface area contributed by atoms with Gasteiger partial charge in [-0.3, -0.25) is 19.2 Å². The van der Waals surface area contributed by atoms with Gasteiger partial charge in [-0.25, -0.2) is 0 Å². The molecule has 16 aliphatic carbocycles. The third kappa shape index (κ3) is 13.0. The van der Waals surface area contributed by atoms with E-state index in [1.165, 1.54) is 77.0 Å². The van der Waals surface area contributed by atoms with Crippen LogP contribution in [0.4, 0.5) is 0 Å². The van der Waals surface area contributed by atoms with Gasteiger partial charge in [0.05, 0.1) is 13.2 Å². The van der Waals surface area contributed by atoms with Crippen LogP contribution in [0.15, 0.2) is 48.5 Å². The smallest absolute Gasteiger partial charge is 0.176 e. The summed E-state index contributed by atoms with van der Waals surface area (Å²) < 4.78 is 37.2. The Morgan fingerprint density at radius 3 is 0.608 bits per heavy atom. The molecular weight excluding hydrogens is 1260 g/mol. The normalized spacial score (nSPS) is 34.5. The molecule has 0 spiro atoms. The fourth-order valence-electron chi connectivity index (χ4n) is 26.4. The van der Waals surface area contributed by atoms with E-state index in [1.807, 2.05) is 0 Å². The highest BCUT2D eigenvalue weighted by molar-refractivity contribution is 5.89. The van der Waals surface area contributed by atoms with E-state index in [0.717, 1.165) is 155 Å². The lowest BCUT2D eigenvalue weighted by Gasteiger charge is -2.55. The second-order valence-electron chi connectivity index (χ2n) is 42.2. The maximum atomic E-state index is 15.6. The third-order valence-electron chi connectivity index (χ3n) is 30.0. The van der Waals surface area contributed by atoms with Crippen LogP contribution < -0.4 is 18.9 Å². The molecule has 1 heterocycles. The Morgan fingerprint density at radius 2 is 0.441 bits per heavy atom. The van der Waals surface area contributed by atoms with E-state index in [1.54, 1.807) is 0 Å². The van der Waals surface area contributed by atoms with E-state index >= 15 is 19.2 Å². The van der Waals surface area contributed by atoms with Gasteiger partial charge in [0.1, 0.15) is 49.4 Å². The SMILES string of the molecule is CC(C)(C)c1cc2c(OCC(=O)C34CC5CC(CC(C5)C3)C4)c(c1)Cc1cc(C(C)(C)C)cc(c1OCC(=O)C13CC4CC(CC(C4)C1)C3)Cc1cc(C(C)(C)C)cc(c1OCC(=O)C13CC4CC(CC(C4)C1)C3)Cc1cc(C(C)(C)C)cc(c1OCC(=O)C13CC4CC(CC(C4)C1)C3)COC2. The predicted molar refractivity (Wildman–Crippen MR) is 402 cm³/mol. The second-order valence-corrected chi connectivity index (χ2v) is 42.2. The molecule has 9 heteroatoms. The van der Waals surface area contributed by atoms with Crippen molar-refractivity contribution in [3.63, 3.8) is 0 Å². The number of rotatable bonds is 16. The van der Waals surface area contributed by atoms with E-state index in [0.29, 0.717) is 102 Å². The molecule has 0 aromatic heterocycles. The summed E-state index contributed by atoms with van der Waals surface area (Å²) in [5, 5.41) is 0. The molecular formula is C93H122O9. The molecule has 0 saturated heterocycles. The van der Waals surface area contributed by atoms with Crippen LogP contribution in [0.1, 0.15) is 304 Å². The second kappa shape index (κ2) is 25.2. The van der Waals surface area contributed by atoms with Crippen LogP contribution in [-0.4, -0.2) is 49.6 Å². The van der Waals surface area contributed by atoms with Crippen LogP contribution in [-0.2, 0) is 78.1 Å². The molecule has 16 saturated carbocycles. The summed E-state index contributed by atoms with van der Waals surface area (Å²) in [6, 6.07) is 18.6. The number of hydrogen-bond acceptors (Lipinski definition) is 9. The van der Waals surface area contributed by atoms with Gasteiger partial charge < -0.3 is 23.7 Å². The van der Waals surface area contributed by atoms with E-state index in [-0.39, 0.29) is 106 Å². The number of carbonyl (C=O) groups excluding carboxylic acids is 4. The highest BCUT2D eigenvalue weighted by Crippen LogP contribution is 2.65. The summed E-state index contributed by atoms with van der Waals surface area (Å²) in [6.07, 6.45) is 27.9. The topological polar surface area (TPSA) is 114 Å². The maximum absolute atomic E-state index is 15.6. The first kappa shape index (κ1) is 69.7. The molecule has 4 aromatic rings. The van der Waals surface area contributed by atoms with Crippen LogP contribution in [0, 0.1) is 92.7 Å². The standard InChI is InChI=1S/C93H122O9/c1-86(2,3)74-28-66-25-67-29-75(87(4,5)6)31-69(83(67)100-51-79(95)91-39-57-16-58(40-91)18-59(17-57)41-91)27-71-33-77(89(10,11)12)35-73(85(71)102-53-81(97)93-45-63-22-64(46-93)24-65(23-63)47-93)49-98-48-72-34-76(88(7,8)9)32-70(84(72)101-52-80(96)92-42-60-19-61(43-92)21-62(20-60)44-92)26-68(30-74)82(66)99-50-78(94)90-36-54-13-55(37-90)15-56(14-54)38-90/h28-35,54-65H,13-27,36-53H2,1-12H3. The Labute approximate surface area is 611 Å². The number of ether oxygens (including phenoxy) is 5. The number of ketones is 4. The molecule has 0 atom stereocenters. The van der Waals surface area contributed by atoms with Gasteiger partial charge in [0.15, 0.2) is 23.1 Å². The van der Waals surface area contributed by atoms with Crippen LogP contribution in [0.3, 0.4) is 0 Å². The average Bonchev–Trinajstić information content (AvgIpc) is 0.751. The van der Waals surface area contributed by atoms with Gasteiger partial charge >= 0.3 is 0 Å². The van der Waals surface area contributed by atoms with Gasteiger partial charge in [-0.15, -0.1) is 0 Å². The van der Waals surface area contributed by atoms with Crippen LogP contribution >= 0.6 is 0 Å². The molecule has 0 unspecified atom stereocenters. The zero-order valence-electron chi connectivity index (χ0n) is 64.6. The van der Waals surface area contributed by atoms with Crippen LogP contribution in [0.25, 0.3) is 0 Å². The van der Waals surface area contributed by atoms with Crippen LogP contribution in [0.5, 0.6) is 23.0 Å². The zero-order chi connectivity index (χ0) is 71.0. The molecule has 0 radical (unpaired) electrons. The summed E-state index contributed by atoms with van der Waals surface area (Å²) in [5.74, 6) is 11.1. The van der Waals surface area contributed by atoms with Crippen molar-refractivity contribution >= 4 is 23.1 Å². The number of Topliss-reactive ketones (excluding diaryl/α,β-unsaturated/α-hetero) is 4. The molecule has 0 N–H and O–H groups in total. The van der Waals surface area contributed by atoms with E-state index in [9.17, 15) is 0 Å². The van der Waals surface area contributed by atoms with Crippen molar-refractivity contribution in [2.75, 3.05) is 26.4 Å². The highest BCUT2D eigenvalue weighted by atomic mass is 16.5. The minimum Gasteiger partial charge on any atom is -0.485 e. The fourth-order valence-corrected chi connectivity index (χ4v) is 26.4. The minimum absolute atomic E-state index is 0.00937. The molecule has 21 rings (SSSR count). The average molecular weight is 1380 g/mol. The van der Waals surface area contributed by atoms with Crippen molar-refractivity contribution in [3.8, 4) is 23.0 Å². The summed E-state index contributed by atoms with van der Waals surface area (Å²) in [4.78, 5) is 62.1. The number of hydrogen-bond donors (Lipinski definition) is 0. The van der Waals surface area contributed by atoms with Gasteiger partial charge in [-0.05, 0) is 315 Å². The molecule has 24 bridgehead atoms. The van der Waals surface area contributed by atoms with E-state index in [2.05, 4.69) is 132 Å². The fraction of sp³-hybridized carbons (Fsp3) is 0.699. The maximum Gasteiger partial charge on any atom is 0.176 e. The first-order valence-electron chi connectivity index (χ1n) is 41.2. The molecule has 4 aromatic carbocycles. The predicted octanol–water partition coefficient (Wildman–Crippen LogP) is 20.3. The largest absolute Gasteiger partial charge is 0.485 e. The van der Waals surface area contributed by atoms with E-state index < -0.39 is 0 Å². The minimum atomic E-state index is -0.360. The Balaban J connectivity index is 0.852. The quantitative estimate of drug-likeness (QED) is 0.108. The lowest BCUT2D eigenvalue weighted by atomic mass is 9.48. The number of fused-ring (bicyclic) bond motifs is 8. The highest BCUT2D eigenvalue weighted by Gasteiger charge is 2.59. The van der Waals surface area contributed by atoms with Gasteiger partial charge in [-0.1, -0.05) is 119 Å². The Hall–Kier alpha value is -5.28. The van der Waals surface area contributed by atoms with Crippen molar-refractivity contribution < 1.29 is 42.9 Å². The van der Waals surface area contributed by atoms with Crippen molar-refractivity contribution in [3.05, 3.63) is 115 Å². The molecule has 548 valence electrons. The molecule has 16 fully saturated rings. The third-order valence-corrected chi connectivity index (χ3v) is 30.0. The van der Waals surface area contributed by atoms with Crippen LogP contribution in [0.2, 0.25) is 0 Å². The molecule has 0 amide bonds. The first-order chi connectivity index (χ1) is 48.3. The van der Waals surface area contributed by atoms with Gasteiger partial charge in [0.25, 0.3) is 0 Å². The summed E-state index contributed by atoms with van der Waals surface area (Å²) in [6.45, 7) is 27.8. The van der Waals surface area contributed by atoms with Gasteiger partial charge in [0, 0.05) is 52.0 Å². The first-order valence-corrected chi connectivity index (χ1v) is 41.2. The zero-order valence-corrected chi connectivity index (χ0v) is 64.6. The molecule has 17 aliphatic rings. The monoisotopic (exact) mass is 1380 g/mol. The summed E-state index contributed by atoms with van der Waals surface area (Å²) in [7, 11) is 0. The number of benzene rings is 4. The Morgan fingerprint density at radius 1 is 0.284 bits per heavy atom. The lowest BCUT2D eigenvalue weighted by molar-refractivity contribution is -0.146. The summed E-state index contributed by atoms with van der Waals surface area (Å²) in [5.41, 5.74) is 9.58. The Bertz CT molecular complexity index is 3610. The molecule has 1 aliphatic heterocycles. The molecule has 9 nitrogen and oxygen atoms in total. The lowest BCUT2D eigenvalue weighted by Crippen LogP contribution is -2.51. The van der Waals surface area contributed by atoms with Crippen molar-refractivity contribution in [1.82, 2.24) is 0 Å². The Kier molecular flexibility index (Phi) is 17.2. The van der Waals surface area contributed by atoms with Crippen molar-refractivity contribution in [2.24, 2.45) is 92.7 Å². The van der Waals surface area contributed by atoms with Gasteiger partial charge in [0.2, 0.25) is 0 Å². The van der Waals surface area contributed by atoms with Gasteiger partial charge in [-0.2, -0.15) is 0 Å².